The maximum Gasteiger partial charge on any atom is 0.266 e. The highest BCUT2D eigenvalue weighted by molar-refractivity contribution is 5.46. The first-order valence-corrected chi connectivity index (χ1v) is 3.30. The number of rotatable bonds is 2. The Balaban J connectivity index is 3.25. The molecule has 72 valence electrons. The van der Waals surface area contributed by atoms with Gasteiger partial charge in [-0.1, -0.05) is 0 Å². The normalized spacial score (nSPS) is 10.6. The molecule has 0 unspecified atom stereocenters. The summed E-state index contributed by atoms with van der Waals surface area (Å²) in [5, 5.41) is 0. The van der Waals surface area contributed by atoms with Crippen molar-refractivity contribution in [2.24, 2.45) is 5.84 Å². The Labute approximate surface area is 71.3 Å². The monoisotopic (exact) mass is 194 g/mol. The van der Waals surface area contributed by atoms with E-state index in [0.717, 1.165) is 6.07 Å². The van der Waals surface area contributed by atoms with Crippen molar-refractivity contribution in [2.75, 3.05) is 5.43 Å². The van der Waals surface area contributed by atoms with Gasteiger partial charge in [-0.3, -0.25) is 5.84 Å². The van der Waals surface area contributed by atoms with Gasteiger partial charge in [-0.2, -0.15) is 0 Å². The van der Waals surface area contributed by atoms with Gasteiger partial charge in [0.1, 0.15) is 0 Å². The lowest BCUT2D eigenvalue weighted by molar-refractivity contribution is 0.145. The molecule has 0 atom stereocenters. The zero-order chi connectivity index (χ0) is 10.0. The molecule has 3 N–H and O–H groups in total. The number of anilines is 1. The van der Waals surface area contributed by atoms with Crippen LogP contribution in [-0.4, -0.2) is 0 Å². The molecular formula is C7H6F4N2. The maximum absolute atomic E-state index is 12.6. The van der Waals surface area contributed by atoms with Crippen LogP contribution in [-0.2, 0) is 0 Å². The van der Waals surface area contributed by atoms with Crippen LogP contribution in [0.15, 0.2) is 12.1 Å². The van der Waals surface area contributed by atoms with Crippen molar-refractivity contribution in [2.45, 2.75) is 6.43 Å². The molecule has 2 nitrogen and oxygen atoms in total. The highest BCUT2D eigenvalue weighted by Crippen LogP contribution is 2.26. The maximum atomic E-state index is 12.6. The smallest absolute Gasteiger partial charge is 0.266 e. The van der Waals surface area contributed by atoms with Crippen LogP contribution in [0.2, 0.25) is 0 Å². The standard InChI is InChI=1S/C7H6F4N2/c8-5-2-3(13-12)1-4(6(5)9)7(10)11/h1-2,7,13H,12H2. The summed E-state index contributed by atoms with van der Waals surface area (Å²) in [4.78, 5) is 0. The molecule has 6 heteroatoms. The van der Waals surface area contributed by atoms with E-state index in [1.165, 1.54) is 0 Å². The van der Waals surface area contributed by atoms with Crippen molar-refractivity contribution in [3.63, 3.8) is 0 Å². The van der Waals surface area contributed by atoms with Crippen LogP contribution in [0, 0.1) is 11.6 Å². The van der Waals surface area contributed by atoms with Crippen LogP contribution in [0.1, 0.15) is 12.0 Å². The first kappa shape index (κ1) is 9.79. The molecule has 0 aliphatic heterocycles. The van der Waals surface area contributed by atoms with Crippen LogP contribution in [0.25, 0.3) is 0 Å². The zero-order valence-corrected chi connectivity index (χ0v) is 6.32. The minimum Gasteiger partial charge on any atom is -0.324 e. The quantitative estimate of drug-likeness (QED) is 0.430. The fourth-order valence-corrected chi connectivity index (χ4v) is 0.852. The summed E-state index contributed by atoms with van der Waals surface area (Å²) in [7, 11) is 0. The van der Waals surface area contributed by atoms with Gasteiger partial charge in [-0.15, -0.1) is 0 Å². The second kappa shape index (κ2) is 3.61. The first-order valence-electron chi connectivity index (χ1n) is 3.30. The number of nitrogens with one attached hydrogen (secondary N) is 1. The van der Waals surface area contributed by atoms with Crippen molar-refractivity contribution in [1.29, 1.82) is 0 Å². The van der Waals surface area contributed by atoms with Gasteiger partial charge in [0.2, 0.25) is 0 Å². The molecule has 0 amide bonds. The summed E-state index contributed by atoms with van der Waals surface area (Å²) in [6.07, 6.45) is -3.07. The summed E-state index contributed by atoms with van der Waals surface area (Å²) in [6, 6.07) is 1.45. The number of benzene rings is 1. The van der Waals surface area contributed by atoms with Gasteiger partial charge in [0, 0.05) is 6.07 Å². The summed E-state index contributed by atoms with van der Waals surface area (Å²) in [6.45, 7) is 0. The van der Waals surface area contributed by atoms with Crippen LogP contribution in [0.3, 0.4) is 0 Å². The van der Waals surface area contributed by atoms with Gasteiger partial charge < -0.3 is 5.43 Å². The molecule has 0 spiro atoms. The lowest BCUT2D eigenvalue weighted by Gasteiger charge is -2.06. The molecule has 0 saturated heterocycles. The summed E-state index contributed by atoms with van der Waals surface area (Å²) in [5.74, 6) is 1.95. The van der Waals surface area contributed by atoms with Crippen LogP contribution < -0.4 is 11.3 Å². The summed E-state index contributed by atoms with van der Waals surface area (Å²) in [5.41, 5.74) is 0.841. The number of halogens is 4. The average molecular weight is 194 g/mol. The molecule has 0 aromatic heterocycles. The largest absolute Gasteiger partial charge is 0.324 e. The highest BCUT2D eigenvalue weighted by atomic mass is 19.3. The molecule has 1 aromatic rings. The van der Waals surface area contributed by atoms with Crippen molar-refractivity contribution in [1.82, 2.24) is 0 Å². The van der Waals surface area contributed by atoms with Crippen LogP contribution in [0.4, 0.5) is 23.2 Å². The van der Waals surface area contributed by atoms with Gasteiger partial charge in [0.05, 0.1) is 11.3 Å². The minimum atomic E-state index is -3.07. The minimum absolute atomic E-state index is 0.103. The number of hydrogen-bond donors (Lipinski definition) is 2. The van der Waals surface area contributed by atoms with Gasteiger partial charge in [-0.25, -0.2) is 17.6 Å². The zero-order valence-electron chi connectivity index (χ0n) is 6.32. The Morgan fingerprint density at radius 2 is 1.85 bits per heavy atom. The molecule has 0 aliphatic carbocycles. The van der Waals surface area contributed by atoms with E-state index >= 15 is 0 Å². The first-order chi connectivity index (χ1) is 6.06. The fourth-order valence-electron chi connectivity index (χ4n) is 0.852. The number of hydrogen-bond acceptors (Lipinski definition) is 2. The second-order valence-corrected chi connectivity index (χ2v) is 2.31. The number of hydrazine groups is 1. The third-order valence-corrected chi connectivity index (χ3v) is 1.46. The van der Waals surface area contributed by atoms with E-state index in [-0.39, 0.29) is 5.69 Å². The third-order valence-electron chi connectivity index (χ3n) is 1.46. The number of alkyl halides is 2. The highest BCUT2D eigenvalue weighted by Gasteiger charge is 2.17. The SMILES string of the molecule is NNc1cc(F)c(F)c(C(F)F)c1. The molecule has 1 rings (SSSR count). The predicted molar refractivity (Wildman–Crippen MR) is 39.1 cm³/mol. The Morgan fingerprint density at radius 3 is 2.31 bits per heavy atom. The molecule has 0 aliphatic rings. The summed E-state index contributed by atoms with van der Waals surface area (Å²) >= 11 is 0. The molecule has 0 saturated carbocycles. The van der Waals surface area contributed by atoms with Gasteiger partial charge in [0.25, 0.3) is 6.43 Å². The van der Waals surface area contributed by atoms with Crippen molar-refractivity contribution in [3.8, 4) is 0 Å². The predicted octanol–water partition coefficient (Wildman–Crippen LogP) is 2.19. The van der Waals surface area contributed by atoms with E-state index in [0.29, 0.717) is 6.07 Å². The average Bonchev–Trinajstić information content (AvgIpc) is 2.09. The second-order valence-electron chi connectivity index (χ2n) is 2.31. The molecule has 0 radical (unpaired) electrons. The fraction of sp³-hybridized carbons (Fsp3) is 0.143. The molecule has 0 bridgehead atoms. The van der Waals surface area contributed by atoms with Gasteiger partial charge >= 0.3 is 0 Å². The van der Waals surface area contributed by atoms with E-state index in [9.17, 15) is 17.6 Å². The van der Waals surface area contributed by atoms with E-state index in [4.69, 9.17) is 5.84 Å². The van der Waals surface area contributed by atoms with E-state index in [1.807, 2.05) is 5.43 Å². The Morgan fingerprint density at radius 1 is 1.23 bits per heavy atom. The van der Waals surface area contributed by atoms with Gasteiger partial charge in [0.15, 0.2) is 11.6 Å². The molecular weight excluding hydrogens is 188 g/mol. The topological polar surface area (TPSA) is 38.0 Å². The van der Waals surface area contributed by atoms with Crippen molar-refractivity contribution in [3.05, 3.63) is 29.3 Å². The molecule has 1 aromatic carbocycles. The van der Waals surface area contributed by atoms with Crippen LogP contribution >= 0.6 is 0 Å². The molecule has 0 fully saturated rings. The lowest BCUT2D eigenvalue weighted by Crippen LogP contribution is -2.08. The van der Waals surface area contributed by atoms with Gasteiger partial charge in [-0.05, 0) is 6.07 Å². The number of nitrogens with two attached hydrogens (primary N) is 1. The van der Waals surface area contributed by atoms with Crippen molar-refractivity contribution < 1.29 is 17.6 Å². The van der Waals surface area contributed by atoms with E-state index in [2.05, 4.69) is 0 Å². The number of nitrogen functional groups attached to an aromatic ring is 1. The Bertz CT molecular complexity index is 314. The Hall–Kier alpha value is -1.30. The van der Waals surface area contributed by atoms with E-state index in [1.54, 1.807) is 0 Å². The van der Waals surface area contributed by atoms with Crippen LogP contribution in [0.5, 0.6) is 0 Å². The summed E-state index contributed by atoms with van der Waals surface area (Å²) < 4.78 is 49.3. The van der Waals surface area contributed by atoms with E-state index < -0.39 is 23.6 Å². The Kier molecular flexibility index (Phi) is 2.72. The molecule has 13 heavy (non-hydrogen) atoms. The molecule has 0 heterocycles. The lowest BCUT2D eigenvalue weighted by atomic mass is 10.2. The third kappa shape index (κ3) is 1.89. The van der Waals surface area contributed by atoms with Crippen molar-refractivity contribution >= 4 is 5.69 Å².